The van der Waals surface area contributed by atoms with Crippen molar-refractivity contribution in [3.8, 4) is 0 Å². The summed E-state index contributed by atoms with van der Waals surface area (Å²) in [4.78, 5) is 44.1. The summed E-state index contributed by atoms with van der Waals surface area (Å²) in [6.45, 7) is 0. The summed E-state index contributed by atoms with van der Waals surface area (Å²) in [6, 6.07) is 32.1. The fourth-order valence-electron chi connectivity index (χ4n) is 7.98. The zero-order valence-electron chi connectivity index (χ0n) is 31.6. The molecule has 0 unspecified atom stereocenters. The van der Waals surface area contributed by atoms with E-state index in [1.54, 1.807) is 59.6 Å². The molecule has 0 spiro atoms. The van der Waals surface area contributed by atoms with Crippen LogP contribution >= 0.6 is 0 Å². The number of hydrogen-bond donors (Lipinski definition) is 0. The van der Waals surface area contributed by atoms with Gasteiger partial charge in [-0.25, -0.2) is 20.0 Å². The second-order valence-electron chi connectivity index (χ2n) is 14.3. The van der Waals surface area contributed by atoms with Crippen molar-refractivity contribution < 1.29 is 15.1 Å². The molecule has 0 saturated heterocycles. The maximum absolute atomic E-state index is 13.8. The lowest BCUT2D eigenvalue weighted by molar-refractivity contribution is -0.126. The maximum Gasteiger partial charge on any atom is 0.252 e. The van der Waals surface area contributed by atoms with E-state index >= 15 is 0 Å². The molecule has 0 radical (unpaired) electrons. The molecule has 0 saturated carbocycles. The highest BCUT2D eigenvalue weighted by atomic mass is 16.2. The highest BCUT2D eigenvalue weighted by Crippen LogP contribution is 2.47. The van der Waals surface area contributed by atoms with Crippen molar-refractivity contribution in [2.45, 2.75) is 36.5 Å². The Kier molecular flexibility index (Phi) is 11.6. The summed E-state index contributed by atoms with van der Waals surface area (Å²) in [5, 5.41) is 7.31. The zero-order chi connectivity index (χ0) is 37.7. The minimum Gasteiger partial charge on any atom is -0.412 e. The second kappa shape index (κ2) is 16.5. The lowest BCUT2D eigenvalue weighted by Gasteiger charge is -2.31. The molecule has 2 N–H and O–H groups in total. The van der Waals surface area contributed by atoms with Gasteiger partial charge in [0.2, 0.25) is 0 Å². The number of carbonyl (C=O) groups is 2. The summed E-state index contributed by atoms with van der Waals surface area (Å²) in [6.07, 6.45) is 16.8. The molecule has 2 aliphatic rings. The number of hydrogen-bond acceptors (Lipinski definition) is 8. The van der Waals surface area contributed by atoms with Crippen LogP contribution in [0.5, 0.6) is 0 Å². The molecule has 55 heavy (non-hydrogen) atoms. The molecule has 11 heteroatoms. The van der Waals surface area contributed by atoms with E-state index in [0.29, 0.717) is 25.7 Å². The SMILES string of the molecule is CN(C)N1C(=O)C(Cc2ccncc2)(Cc2ccncc2)c2ccccc21.CN(C)N1C(=O)C(Cc2ccncc2)(Cc2ccncc2)c2ccccc21.O. The van der Waals surface area contributed by atoms with Crippen LogP contribution in [0, 0.1) is 0 Å². The molecule has 0 fully saturated rings. The minimum absolute atomic E-state index is 0. The van der Waals surface area contributed by atoms with Crippen molar-refractivity contribution in [1.29, 1.82) is 0 Å². The fraction of sp³-hybridized carbons (Fsp3) is 0.227. The average Bonchev–Trinajstić information content (AvgIpc) is 3.57. The topological polar surface area (TPSA) is 130 Å². The Morgan fingerprint density at radius 2 is 0.691 bits per heavy atom. The normalized spacial score (nSPS) is 14.9. The van der Waals surface area contributed by atoms with Gasteiger partial charge in [0.1, 0.15) is 0 Å². The molecule has 6 heterocycles. The first-order valence-corrected chi connectivity index (χ1v) is 18.0. The van der Waals surface area contributed by atoms with Gasteiger partial charge in [0, 0.05) is 77.8 Å². The number of hydrazine groups is 2. The number of fused-ring (bicyclic) bond motifs is 2. The van der Waals surface area contributed by atoms with E-state index in [4.69, 9.17) is 0 Å². The molecule has 0 bridgehead atoms. The summed E-state index contributed by atoms with van der Waals surface area (Å²) in [5.41, 5.74) is 7.12. The van der Waals surface area contributed by atoms with Gasteiger partial charge in [0.15, 0.2) is 0 Å². The number of aromatic nitrogens is 4. The summed E-state index contributed by atoms with van der Waals surface area (Å²) >= 11 is 0. The monoisotopic (exact) mass is 734 g/mol. The quantitative estimate of drug-likeness (QED) is 0.187. The van der Waals surface area contributed by atoms with E-state index in [1.165, 1.54) is 0 Å². The Balaban J connectivity index is 0.000000184. The zero-order valence-corrected chi connectivity index (χ0v) is 31.6. The first kappa shape index (κ1) is 38.6. The Hall–Kier alpha value is -6.14. The van der Waals surface area contributed by atoms with Gasteiger partial charge in [-0.05, 0) is 120 Å². The Bertz CT molecular complexity index is 1960. The molecular weight excluding hydrogens is 689 g/mol. The summed E-state index contributed by atoms with van der Waals surface area (Å²) < 4.78 is 0. The Labute approximate surface area is 322 Å². The Morgan fingerprint density at radius 1 is 0.436 bits per heavy atom. The van der Waals surface area contributed by atoms with Crippen LogP contribution in [0.1, 0.15) is 33.4 Å². The van der Waals surface area contributed by atoms with Gasteiger partial charge < -0.3 is 5.48 Å². The van der Waals surface area contributed by atoms with Crippen LogP contribution in [0.4, 0.5) is 11.4 Å². The summed E-state index contributed by atoms with van der Waals surface area (Å²) in [7, 11) is 7.63. The lowest BCUT2D eigenvalue weighted by atomic mass is 9.72. The third-order valence-corrected chi connectivity index (χ3v) is 10.3. The van der Waals surface area contributed by atoms with Crippen molar-refractivity contribution in [3.63, 3.8) is 0 Å². The van der Waals surface area contributed by atoms with Crippen molar-refractivity contribution >= 4 is 23.2 Å². The van der Waals surface area contributed by atoms with Gasteiger partial charge in [-0.2, -0.15) is 0 Å². The van der Waals surface area contributed by atoms with Gasteiger partial charge in [-0.1, -0.05) is 36.4 Å². The van der Waals surface area contributed by atoms with Crippen LogP contribution in [0.25, 0.3) is 0 Å². The predicted octanol–water partition coefficient (Wildman–Crippen LogP) is 5.22. The van der Waals surface area contributed by atoms with Crippen LogP contribution < -0.4 is 10.0 Å². The van der Waals surface area contributed by atoms with Crippen molar-refractivity contribution in [3.05, 3.63) is 180 Å². The minimum atomic E-state index is -0.663. The third kappa shape index (κ3) is 7.50. The first-order valence-electron chi connectivity index (χ1n) is 18.0. The van der Waals surface area contributed by atoms with Crippen molar-refractivity contribution in [2.24, 2.45) is 0 Å². The highest BCUT2D eigenvalue weighted by Gasteiger charge is 2.52. The molecular formula is C44H46N8O3. The van der Waals surface area contributed by atoms with Crippen LogP contribution in [-0.4, -0.2) is 75.4 Å². The molecule has 0 aliphatic carbocycles. The van der Waals surface area contributed by atoms with Crippen molar-refractivity contribution in [1.82, 2.24) is 30.0 Å². The van der Waals surface area contributed by atoms with Crippen molar-refractivity contribution in [2.75, 3.05) is 38.2 Å². The van der Waals surface area contributed by atoms with Gasteiger partial charge in [-0.3, -0.25) is 29.5 Å². The second-order valence-corrected chi connectivity index (χ2v) is 14.3. The van der Waals surface area contributed by atoms with Gasteiger partial charge >= 0.3 is 0 Å². The van der Waals surface area contributed by atoms with E-state index in [9.17, 15) is 9.59 Å². The fourth-order valence-corrected chi connectivity index (χ4v) is 7.98. The number of pyridine rings is 4. The molecule has 4 aromatic heterocycles. The van der Waals surface area contributed by atoms with Gasteiger partial charge in [-0.15, -0.1) is 0 Å². The van der Waals surface area contributed by atoms with Gasteiger partial charge in [0.05, 0.1) is 22.2 Å². The number of rotatable bonds is 10. The summed E-state index contributed by atoms with van der Waals surface area (Å²) in [5.74, 6) is 0.199. The molecule has 8 rings (SSSR count). The number of carbonyl (C=O) groups excluding carboxylic acids is 2. The largest absolute Gasteiger partial charge is 0.412 e. The molecule has 2 amide bonds. The van der Waals surface area contributed by atoms with E-state index in [1.807, 2.05) is 123 Å². The molecule has 2 aliphatic heterocycles. The smallest absolute Gasteiger partial charge is 0.252 e. The van der Waals surface area contributed by atoms with E-state index < -0.39 is 10.8 Å². The van der Waals surface area contributed by atoms with Crippen LogP contribution in [-0.2, 0) is 46.1 Å². The van der Waals surface area contributed by atoms with E-state index in [0.717, 1.165) is 44.8 Å². The first-order chi connectivity index (χ1) is 26.2. The third-order valence-electron chi connectivity index (χ3n) is 10.3. The number of amides is 2. The molecule has 280 valence electrons. The molecule has 0 atom stereocenters. The standard InChI is InChI=1S/2C22H22N4O.H2O/c2*1-25(2)26-20-6-4-3-5-19(20)22(21(26)27,15-17-7-11-23-12-8-17)16-18-9-13-24-14-10-18;/h2*3-14H,15-16H2,1-2H3;1H2. The van der Waals surface area contributed by atoms with Crippen LogP contribution in [0.2, 0.25) is 0 Å². The van der Waals surface area contributed by atoms with E-state index in [-0.39, 0.29) is 17.3 Å². The van der Waals surface area contributed by atoms with Crippen LogP contribution in [0.3, 0.4) is 0 Å². The molecule has 11 nitrogen and oxygen atoms in total. The number of para-hydroxylation sites is 2. The van der Waals surface area contributed by atoms with E-state index in [2.05, 4.69) is 32.1 Å². The highest BCUT2D eigenvalue weighted by molar-refractivity contribution is 6.08. The molecule has 6 aromatic rings. The van der Waals surface area contributed by atoms with Crippen LogP contribution in [0.15, 0.2) is 147 Å². The average molecular weight is 735 g/mol. The molecule has 2 aromatic carbocycles. The Morgan fingerprint density at radius 3 is 0.945 bits per heavy atom. The lowest BCUT2D eigenvalue weighted by Crippen LogP contribution is -2.48. The number of benzene rings is 2. The van der Waals surface area contributed by atoms with Gasteiger partial charge in [0.25, 0.3) is 11.8 Å². The predicted molar refractivity (Wildman–Crippen MR) is 214 cm³/mol. The maximum atomic E-state index is 13.8. The number of anilines is 2. The number of nitrogens with zero attached hydrogens (tertiary/aromatic N) is 8.